The van der Waals surface area contributed by atoms with Crippen molar-refractivity contribution in [3.8, 4) is 0 Å². The summed E-state index contributed by atoms with van der Waals surface area (Å²) in [5.41, 5.74) is 0. The molecule has 0 aromatic heterocycles. The molecular formula is C11H22N2O. The van der Waals surface area contributed by atoms with Gasteiger partial charge in [0.15, 0.2) is 0 Å². The Balaban J connectivity index is 1.58. The summed E-state index contributed by atoms with van der Waals surface area (Å²) in [6, 6.07) is 0. The van der Waals surface area contributed by atoms with Crippen LogP contribution in [-0.2, 0) is 4.74 Å². The third-order valence-corrected chi connectivity index (χ3v) is 3.32. The van der Waals surface area contributed by atoms with Crippen LogP contribution in [0.1, 0.15) is 19.8 Å². The van der Waals surface area contributed by atoms with Crippen molar-refractivity contribution < 1.29 is 4.74 Å². The van der Waals surface area contributed by atoms with Crippen molar-refractivity contribution >= 4 is 0 Å². The summed E-state index contributed by atoms with van der Waals surface area (Å²) in [6.07, 6.45) is 3.16. The van der Waals surface area contributed by atoms with Crippen LogP contribution in [-0.4, -0.2) is 50.3 Å². The second-order valence-corrected chi connectivity index (χ2v) is 4.47. The first-order valence-electron chi connectivity index (χ1n) is 5.93. The van der Waals surface area contributed by atoms with E-state index in [0.29, 0.717) is 6.10 Å². The molecule has 3 nitrogen and oxygen atoms in total. The Labute approximate surface area is 86.8 Å². The van der Waals surface area contributed by atoms with Crippen molar-refractivity contribution in [2.24, 2.45) is 5.92 Å². The molecule has 82 valence electrons. The first-order chi connectivity index (χ1) is 6.88. The molecule has 0 aromatic carbocycles. The first-order valence-corrected chi connectivity index (χ1v) is 5.93. The average molecular weight is 198 g/mol. The maximum Gasteiger partial charge on any atom is 0.0581 e. The molecule has 0 unspecified atom stereocenters. The molecule has 1 N–H and O–H groups in total. The molecule has 1 heterocycles. The van der Waals surface area contributed by atoms with Crippen LogP contribution in [0.25, 0.3) is 0 Å². The van der Waals surface area contributed by atoms with Gasteiger partial charge in [-0.15, -0.1) is 0 Å². The SMILES string of the molecule is CCOC1CC(CN2CCNCC2)C1. The lowest BCUT2D eigenvalue weighted by atomic mass is 9.82. The maximum atomic E-state index is 5.57. The molecule has 14 heavy (non-hydrogen) atoms. The molecule has 1 saturated carbocycles. The van der Waals surface area contributed by atoms with Gasteiger partial charge in [-0.1, -0.05) is 0 Å². The molecular weight excluding hydrogens is 176 g/mol. The van der Waals surface area contributed by atoms with Crippen molar-refractivity contribution in [2.45, 2.75) is 25.9 Å². The average Bonchev–Trinajstić information content (AvgIpc) is 2.16. The highest BCUT2D eigenvalue weighted by atomic mass is 16.5. The van der Waals surface area contributed by atoms with E-state index in [1.54, 1.807) is 0 Å². The molecule has 0 amide bonds. The maximum absolute atomic E-state index is 5.57. The quantitative estimate of drug-likeness (QED) is 0.720. The molecule has 0 atom stereocenters. The van der Waals surface area contributed by atoms with Crippen LogP contribution in [0.3, 0.4) is 0 Å². The Kier molecular flexibility index (Phi) is 3.79. The topological polar surface area (TPSA) is 24.5 Å². The van der Waals surface area contributed by atoms with E-state index in [1.165, 1.54) is 45.6 Å². The number of hydrogen-bond donors (Lipinski definition) is 1. The van der Waals surface area contributed by atoms with Gasteiger partial charge in [0.1, 0.15) is 0 Å². The minimum Gasteiger partial charge on any atom is -0.378 e. The number of hydrogen-bond acceptors (Lipinski definition) is 3. The van der Waals surface area contributed by atoms with Crippen LogP contribution in [0, 0.1) is 5.92 Å². The molecule has 1 aliphatic carbocycles. The lowest BCUT2D eigenvalue weighted by Gasteiger charge is -2.39. The van der Waals surface area contributed by atoms with E-state index in [2.05, 4.69) is 17.1 Å². The van der Waals surface area contributed by atoms with Crippen LogP contribution in [0.15, 0.2) is 0 Å². The minimum atomic E-state index is 0.577. The zero-order valence-electron chi connectivity index (χ0n) is 9.17. The summed E-state index contributed by atoms with van der Waals surface area (Å²) in [7, 11) is 0. The Hall–Kier alpha value is -0.120. The van der Waals surface area contributed by atoms with Crippen LogP contribution in [0.5, 0.6) is 0 Å². The summed E-state index contributed by atoms with van der Waals surface area (Å²) in [6.45, 7) is 9.06. The van der Waals surface area contributed by atoms with E-state index in [0.717, 1.165) is 12.5 Å². The smallest absolute Gasteiger partial charge is 0.0581 e. The van der Waals surface area contributed by atoms with Gasteiger partial charge >= 0.3 is 0 Å². The lowest BCUT2D eigenvalue weighted by molar-refractivity contribution is -0.0342. The van der Waals surface area contributed by atoms with Gasteiger partial charge < -0.3 is 15.0 Å². The van der Waals surface area contributed by atoms with E-state index >= 15 is 0 Å². The zero-order valence-corrected chi connectivity index (χ0v) is 9.17. The lowest BCUT2D eigenvalue weighted by Crippen LogP contribution is -2.48. The van der Waals surface area contributed by atoms with Gasteiger partial charge in [-0.25, -0.2) is 0 Å². The Morgan fingerprint density at radius 2 is 2.00 bits per heavy atom. The van der Waals surface area contributed by atoms with Gasteiger partial charge in [-0.05, 0) is 25.7 Å². The van der Waals surface area contributed by atoms with Crippen LogP contribution in [0.2, 0.25) is 0 Å². The summed E-state index contributed by atoms with van der Waals surface area (Å²) >= 11 is 0. The van der Waals surface area contributed by atoms with E-state index in [4.69, 9.17) is 4.74 Å². The van der Waals surface area contributed by atoms with Crippen LogP contribution >= 0.6 is 0 Å². The molecule has 0 aromatic rings. The van der Waals surface area contributed by atoms with E-state index in [-0.39, 0.29) is 0 Å². The van der Waals surface area contributed by atoms with Gasteiger partial charge in [0.2, 0.25) is 0 Å². The number of piperazine rings is 1. The van der Waals surface area contributed by atoms with Gasteiger partial charge in [0.25, 0.3) is 0 Å². The number of ether oxygens (including phenoxy) is 1. The third kappa shape index (κ3) is 2.69. The highest BCUT2D eigenvalue weighted by Gasteiger charge is 2.30. The fourth-order valence-electron chi connectivity index (χ4n) is 2.45. The number of nitrogens with one attached hydrogen (secondary N) is 1. The summed E-state index contributed by atoms with van der Waals surface area (Å²) in [4.78, 5) is 2.59. The van der Waals surface area contributed by atoms with Crippen molar-refractivity contribution in [2.75, 3.05) is 39.3 Å². The minimum absolute atomic E-state index is 0.577. The van der Waals surface area contributed by atoms with Crippen molar-refractivity contribution in [3.63, 3.8) is 0 Å². The molecule has 2 rings (SSSR count). The Morgan fingerprint density at radius 3 is 2.64 bits per heavy atom. The number of nitrogens with zero attached hydrogens (tertiary/aromatic N) is 1. The Morgan fingerprint density at radius 1 is 1.29 bits per heavy atom. The van der Waals surface area contributed by atoms with Crippen molar-refractivity contribution in [3.05, 3.63) is 0 Å². The van der Waals surface area contributed by atoms with Crippen LogP contribution in [0.4, 0.5) is 0 Å². The zero-order chi connectivity index (χ0) is 9.80. The van der Waals surface area contributed by atoms with E-state index in [9.17, 15) is 0 Å². The van der Waals surface area contributed by atoms with Gasteiger partial charge in [-0.2, -0.15) is 0 Å². The fraction of sp³-hybridized carbons (Fsp3) is 1.00. The predicted molar refractivity (Wildman–Crippen MR) is 57.4 cm³/mol. The monoisotopic (exact) mass is 198 g/mol. The second-order valence-electron chi connectivity index (χ2n) is 4.47. The fourth-order valence-corrected chi connectivity index (χ4v) is 2.45. The largest absolute Gasteiger partial charge is 0.378 e. The molecule has 0 bridgehead atoms. The third-order valence-electron chi connectivity index (χ3n) is 3.32. The van der Waals surface area contributed by atoms with Gasteiger partial charge in [-0.3, -0.25) is 0 Å². The summed E-state index contributed by atoms with van der Waals surface area (Å²) < 4.78 is 5.57. The molecule has 1 aliphatic heterocycles. The molecule has 2 fully saturated rings. The van der Waals surface area contributed by atoms with E-state index in [1.807, 2.05) is 0 Å². The predicted octanol–water partition coefficient (Wildman–Crippen LogP) is 0.707. The van der Waals surface area contributed by atoms with Crippen molar-refractivity contribution in [1.82, 2.24) is 10.2 Å². The molecule has 0 radical (unpaired) electrons. The summed E-state index contributed by atoms with van der Waals surface area (Å²) in [5, 5.41) is 3.39. The molecule has 2 aliphatic rings. The van der Waals surface area contributed by atoms with E-state index < -0.39 is 0 Å². The van der Waals surface area contributed by atoms with Crippen LogP contribution < -0.4 is 5.32 Å². The highest BCUT2D eigenvalue weighted by Crippen LogP contribution is 2.30. The number of rotatable bonds is 4. The van der Waals surface area contributed by atoms with Gasteiger partial charge in [0, 0.05) is 39.3 Å². The second kappa shape index (κ2) is 5.10. The molecule has 3 heteroatoms. The van der Waals surface area contributed by atoms with Crippen molar-refractivity contribution in [1.29, 1.82) is 0 Å². The molecule has 1 saturated heterocycles. The molecule has 0 spiro atoms. The summed E-state index contributed by atoms with van der Waals surface area (Å²) in [5.74, 6) is 0.907. The normalized spacial score (nSPS) is 34.1. The first kappa shape index (κ1) is 10.4. The van der Waals surface area contributed by atoms with Gasteiger partial charge in [0.05, 0.1) is 6.10 Å². The Bertz CT molecular complexity index is 163. The highest BCUT2D eigenvalue weighted by molar-refractivity contribution is 4.83. The standard InChI is InChI=1S/C11H22N2O/c1-2-14-11-7-10(8-11)9-13-5-3-12-4-6-13/h10-12H,2-9H2,1H3.